The van der Waals surface area contributed by atoms with Crippen LogP contribution in [-0.4, -0.2) is 76.2 Å². The largest absolute Gasteiger partial charge is 0.507 e. The standard InChI is InChI=1S/C29H32FN7O/c30-20-10-14-35(15-11-20)13-3-4-21-16-22(9-12-32-21)37-23-7-8-24(37)19-36(18-23)27-17-26(33-34-29(27)31)25-5-1-2-6-28(25)38/h1-2,5-6,9,12,16-17,20,23-24,38H,7-8,10-11,13-15,18-19H2,(H2,31,34). The molecule has 196 valence electrons. The number of pyridine rings is 1. The summed E-state index contributed by atoms with van der Waals surface area (Å²) in [5.41, 5.74) is 10.3. The van der Waals surface area contributed by atoms with Crippen LogP contribution >= 0.6 is 0 Å². The molecule has 3 saturated heterocycles. The number of alkyl halides is 1. The van der Waals surface area contributed by atoms with Crippen molar-refractivity contribution in [1.82, 2.24) is 20.1 Å². The van der Waals surface area contributed by atoms with Gasteiger partial charge in [0.05, 0.1) is 17.9 Å². The highest BCUT2D eigenvalue weighted by Crippen LogP contribution is 2.39. The fourth-order valence-electron chi connectivity index (χ4n) is 5.94. The molecule has 9 heteroatoms. The molecule has 3 aliphatic heterocycles. The fourth-order valence-corrected chi connectivity index (χ4v) is 5.94. The molecule has 2 unspecified atom stereocenters. The van der Waals surface area contributed by atoms with Crippen LogP contribution in [0.1, 0.15) is 31.4 Å². The Bertz CT molecular complexity index is 1350. The molecular formula is C29H32FN7O. The number of fused-ring (bicyclic) bond motifs is 2. The molecule has 0 aliphatic carbocycles. The maximum absolute atomic E-state index is 13.4. The van der Waals surface area contributed by atoms with Crippen molar-refractivity contribution in [2.24, 2.45) is 0 Å². The molecule has 0 radical (unpaired) electrons. The van der Waals surface area contributed by atoms with E-state index in [0.29, 0.717) is 48.5 Å². The van der Waals surface area contributed by atoms with Gasteiger partial charge in [-0.2, -0.15) is 0 Å². The van der Waals surface area contributed by atoms with Gasteiger partial charge in [0.15, 0.2) is 5.82 Å². The van der Waals surface area contributed by atoms with Crippen molar-refractivity contribution < 1.29 is 9.50 Å². The van der Waals surface area contributed by atoms with Crippen LogP contribution in [-0.2, 0) is 0 Å². The summed E-state index contributed by atoms with van der Waals surface area (Å²) in [6.45, 7) is 3.82. The topological polar surface area (TPSA) is 94.6 Å². The lowest BCUT2D eigenvalue weighted by Gasteiger charge is -2.43. The number of hydrogen-bond acceptors (Lipinski definition) is 8. The molecule has 6 rings (SSSR count). The molecule has 3 N–H and O–H groups in total. The first-order valence-corrected chi connectivity index (χ1v) is 13.3. The fraction of sp³-hybridized carbons (Fsp3) is 0.414. The number of aromatic nitrogens is 3. The Labute approximate surface area is 222 Å². The van der Waals surface area contributed by atoms with Crippen LogP contribution in [0.4, 0.5) is 21.6 Å². The third-order valence-corrected chi connectivity index (χ3v) is 7.88. The van der Waals surface area contributed by atoms with Crippen molar-refractivity contribution in [2.75, 3.05) is 48.3 Å². The summed E-state index contributed by atoms with van der Waals surface area (Å²) in [6.07, 6.45) is 4.56. The van der Waals surface area contributed by atoms with Gasteiger partial charge < -0.3 is 20.6 Å². The van der Waals surface area contributed by atoms with E-state index in [1.807, 2.05) is 24.4 Å². The summed E-state index contributed by atoms with van der Waals surface area (Å²) >= 11 is 0. The maximum atomic E-state index is 13.4. The first-order chi connectivity index (χ1) is 18.5. The number of phenolic OH excluding ortho intramolecular Hbond substituents is 1. The number of phenols is 1. The Hall–Kier alpha value is -3.90. The molecule has 2 atom stereocenters. The molecule has 0 spiro atoms. The molecule has 38 heavy (non-hydrogen) atoms. The van der Waals surface area contributed by atoms with Gasteiger partial charge in [0.1, 0.15) is 17.6 Å². The van der Waals surface area contributed by atoms with Gasteiger partial charge in [0.25, 0.3) is 0 Å². The lowest BCUT2D eigenvalue weighted by Crippen LogP contribution is -2.54. The van der Waals surface area contributed by atoms with Gasteiger partial charge in [-0.25, -0.2) is 9.37 Å². The summed E-state index contributed by atoms with van der Waals surface area (Å²) in [5.74, 6) is 7.01. The van der Waals surface area contributed by atoms with E-state index in [-0.39, 0.29) is 5.75 Å². The Kier molecular flexibility index (Phi) is 6.73. The lowest BCUT2D eigenvalue weighted by atomic mass is 10.1. The zero-order valence-corrected chi connectivity index (χ0v) is 21.3. The summed E-state index contributed by atoms with van der Waals surface area (Å²) < 4.78 is 13.4. The zero-order chi connectivity index (χ0) is 26.1. The van der Waals surface area contributed by atoms with Gasteiger partial charge in [-0.1, -0.05) is 18.1 Å². The van der Waals surface area contributed by atoms with Crippen molar-refractivity contribution in [1.29, 1.82) is 0 Å². The predicted molar refractivity (Wildman–Crippen MR) is 147 cm³/mol. The van der Waals surface area contributed by atoms with Crippen LogP contribution in [0.2, 0.25) is 0 Å². The van der Waals surface area contributed by atoms with Crippen LogP contribution in [0, 0.1) is 11.8 Å². The first-order valence-electron chi connectivity index (χ1n) is 13.3. The summed E-state index contributed by atoms with van der Waals surface area (Å²) in [6, 6.07) is 13.9. The van der Waals surface area contributed by atoms with Crippen molar-refractivity contribution in [3.8, 4) is 28.8 Å². The van der Waals surface area contributed by atoms with Gasteiger partial charge in [0.2, 0.25) is 0 Å². The number of piperidine rings is 1. The molecule has 3 aliphatic rings. The van der Waals surface area contributed by atoms with E-state index in [4.69, 9.17) is 5.73 Å². The van der Waals surface area contributed by atoms with Crippen LogP contribution in [0.3, 0.4) is 0 Å². The van der Waals surface area contributed by atoms with Crippen molar-refractivity contribution in [2.45, 2.75) is 43.9 Å². The number of piperazine rings is 1. The average molecular weight is 514 g/mol. The predicted octanol–water partition coefficient (Wildman–Crippen LogP) is 3.47. The lowest BCUT2D eigenvalue weighted by molar-refractivity contribution is 0.164. The molecule has 0 saturated carbocycles. The molecule has 1 aromatic carbocycles. The van der Waals surface area contributed by atoms with Gasteiger partial charge >= 0.3 is 0 Å². The Morgan fingerprint density at radius 2 is 1.76 bits per heavy atom. The Morgan fingerprint density at radius 3 is 2.53 bits per heavy atom. The second-order valence-corrected chi connectivity index (χ2v) is 10.4. The number of nitrogen functional groups attached to an aromatic ring is 1. The van der Waals surface area contributed by atoms with E-state index in [9.17, 15) is 9.50 Å². The van der Waals surface area contributed by atoms with Crippen molar-refractivity contribution >= 4 is 17.2 Å². The second-order valence-electron chi connectivity index (χ2n) is 10.4. The van der Waals surface area contributed by atoms with E-state index in [0.717, 1.165) is 56.1 Å². The highest BCUT2D eigenvalue weighted by atomic mass is 19.1. The van der Waals surface area contributed by atoms with Crippen molar-refractivity contribution in [3.05, 3.63) is 54.4 Å². The van der Waals surface area contributed by atoms with E-state index < -0.39 is 6.17 Å². The van der Waals surface area contributed by atoms with Crippen LogP contribution in [0.5, 0.6) is 5.75 Å². The highest BCUT2D eigenvalue weighted by Gasteiger charge is 2.40. The summed E-state index contributed by atoms with van der Waals surface area (Å²) in [4.78, 5) is 11.5. The second kappa shape index (κ2) is 10.5. The third-order valence-electron chi connectivity index (χ3n) is 7.88. The minimum Gasteiger partial charge on any atom is -0.507 e. The van der Waals surface area contributed by atoms with Gasteiger partial charge in [0, 0.05) is 55.7 Å². The monoisotopic (exact) mass is 513 g/mol. The number of rotatable bonds is 4. The number of para-hydroxylation sites is 1. The number of nitrogens with two attached hydrogens (primary N) is 1. The quantitative estimate of drug-likeness (QED) is 0.513. The van der Waals surface area contributed by atoms with E-state index in [2.05, 4.69) is 53.9 Å². The molecule has 2 aromatic heterocycles. The third kappa shape index (κ3) is 4.96. The van der Waals surface area contributed by atoms with Gasteiger partial charge in [-0.15, -0.1) is 10.2 Å². The Balaban J connectivity index is 1.17. The highest BCUT2D eigenvalue weighted by molar-refractivity contribution is 5.74. The van der Waals surface area contributed by atoms with E-state index in [1.54, 1.807) is 12.1 Å². The Morgan fingerprint density at radius 1 is 1.00 bits per heavy atom. The number of hydrogen-bond donors (Lipinski definition) is 2. The van der Waals surface area contributed by atoms with E-state index >= 15 is 0 Å². The molecule has 2 bridgehead atoms. The van der Waals surface area contributed by atoms with Crippen LogP contribution in [0.15, 0.2) is 48.7 Å². The van der Waals surface area contributed by atoms with Crippen LogP contribution < -0.4 is 15.5 Å². The summed E-state index contributed by atoms with van der Waals surface area (Å²) in [5, 5.41) is 18.7. The molecule has 3 aromatic rings. The smallest absolute Gasteiger partial charge is 0.169 e. The number of likely N-dealkylation sites (tertiary alicyclic amines) is 1. The molecule has 5 heterocycles. The number of aromatic hydroxyl groups is 1. The minimum atomic E-state index is -0.668. The maximum Gasteiger partial charge on any atom is 0.169 e. The van der Waals surface area contributed by atoms with Gasteiger partial charge in [-0.05, 0) is 61.9 Å². The number of nitrogens with zero attached hydrogens (tertiary/aromatic N) is 6. The number of halogens is 1. The number of anilines is 3. The average Bonchev–Trinajstić information content (AvgIpc) is 3.20. The summed E-state index contributed by atoms with van der Waals surface area (Å²) in [7, 11) is 0. The number of benzene rings is 1. The normalized spacial score (nSPS) is 21.8. The molecular weight excluding hydrogens is 481 g/mol. The first kappa shape index (κ1) is 24.4. The van der Waals surface area contributed by atoms with Gasteiger partial charge in [-0.3, -0.25) is 4.90 Å². The molecule has 0 amide bonds. The van der Waals surface area contributed by atoms with Crippen LogP contribution in [0.25, 0.3) is 11.3 Å². The van der Waals surface area contributed by atoms with E-state index in [1.165, 1.54) is 0 Å². The van der Waals surface area contributed by atoms with Crippen molar-refractivity contribution in [3.63, 3.8) is 0 Å². The molecule has 3 fully saturated rings. The zero-order valence-electron chi connectivity index (χ0n) is 21.3. The minimum absolute atomic E-state index is 0.170. The SMILES string of the molecule is Nc1nnc(-c2ccccc2O)cc1N1CC2CCC(C1)N2c1ccnc(C#CCN2CCC(F)CC2)c1. The molecule has 8 nitrogen and oxygen atoms in total.